The summed E-state index contributed by atoms with van der Waals surface area (Å²) in [5, 5.41) is 4.16. The summed E-state index contributed by atoms with van der Waals surface area (Å²) in [5.41, 5.74) is 1.17. The van der Waals surface area contributed by atoms with Crippen molar-refractivity contribution in [3.05, 3.63) is 34.9 Å². The largest absolute Gasteiger partial charge is 0.383 e. The van der Waals surface area contributed by atoms with Crippen LogP contribution in [0.5, 0.6) is 0 Å². The highest BCUT2D eigenvalue weighted by atomic mass is 35.5. The smallest absolute Gasteiger partial charge is 0.0616 e. The van der Waals surface area contributed by atoms with Crippen LogP contribution in [0.3, 0.4) is 0 Å². The van der Waals surface area contributed by atoms with Crippen LogP contribution in [0.2, 0.25) is 5.02 Å². The Morgan fingerprint density at radius 1 is 1.44 bits per heavy atom. The quantitative estimate of drug-likeness (QED) is 0.762. The van der Waals surface area contributed by atoms with Gasteiger partial charge in [-0.05, 0) is 24.1 Å². The van der Waals surface area contributed by atoms with Crippen LogP contribution in [0.25, 0.3) is 0 Å². The second kappa shape index (κ2) is 7.91. The van der Waals surface area contributed by atoms with E-state index in [-0.39, 0.29) is 0 Å². The van der Waals surface area contributed by atoms with Crippen LogP contribution in [0.15, 0.2) is 24.3 Å². The molecule has 1 aromatic carbocycles. The molecule has 1 atom stereocenters. The van der Waals surface area contributed by atoms with Gasteiger partial charge >= 0.3 is 0 Å². The summed E-state index contributed by atoms with van der Waals surface area (Å²) in [4.78, 5) is 0. The van der Waals surface area contributed by atoms with Crippen molar-refractivity contribution in [2.75, 3.05) is 19.6 Å². The van der Waals surface area contributed by atoms with Gasteiger partial charge in [-0.25, -0.2) is 0 Å². The van der Waals surface area contributed by atoms with E-state index in [0.717, 1.165) is 18.0 Å². The first-order valence-corrected chi connectivity index (χ1v) is 6.20. The summed E-state index contributed by atoms with van der Waals surface area (Å²) in [5.74, 6) is 0.635. The SMILES string of the molecule is COCC(CCCl)NCc1cccc(Cl)c1. The Balaban J connectivity index is 2.41. The van der Waals surface area contributed by atoms with Gasteiger partial charge in [-0.15, -0.1) is 11.6 Å². The van der Waals surface area contributed by atoms with E-state index in [0.29, 0.717) is 18.5 Å². The minimum absolute atomic E-state index is 0.293. The molecule has 0 saturated heterocycles. The van der Waals surface area contributed by atoms with Crippen LogP contribution in [0.1, 0.15) is 12.0 Å². The third-order valence-corrected chi connectivity index (χ3v) is 2.76. The van der Waals surface area contributed by atoms with Crippen LogP contribution in [0, 0.1) is 0 Å². The molecule has 0 aliphatic carbocycles. The van der Waals surface area contributed by atoms with Gasteiger partial charge in [-0.1, -0.05) is 23.7 Å². The first-order valence-electron chi connectivity index (χ1n) is 5.29. The molecular weight excluding hydrogens is 245 g/mol. The molecule has 0 radical (unpaired) electrons. The van der Waals surface area contributed by atoms with Gasteiger partial charge in [0, 0.05) is 30.6 Å². The first-order chi connectivity index (χ1) is 7.76. The average molecular weight is 262 g/mol. The number of hydrogen-bond acceptors (Lipinski definition) is 2. The predicted molar refractivity (Wildman–Crippen MR) is 69.3 cm³/mol. The van der Waals surface area contributed by atoms with E-state index in [1.54, 1.807) is 7.11 Å². The van der Waals surface area contributed by atoms with Crippen LogP contribution < -0.4 is 5.32 Å². The van der Waals surface area contributed by atoms with E-state index < -0.39 is 0 Å². The second-order valence-corrected chi connectivity index (χ2v) is 4.46. The lowest BCUT2D eigenvalue weighted by Gasteiger charge is -2.16. The molecule has 2 nitrogen and oxygen atoms in total. The van der Waals surface area contributed by atoms with Gasteiger partial charge in [-0.2, -0.15) is 0 Å². The van der Waals surface area contributed by atoms with Crippen molar-refractivity contribution in [3.63, 3.8) is 0 Å². The molecule has 0 bridgehead atoms. The Kier molecular flexibility index (Phi) is 6.81. The molecule has 90 valence electrons. The Bertz CT molecular complexity index is 301. The Morgan fingerprint density at radius 3 is 2.88 bits per heavy atom. The monoisotopic (exact) mass is 261 g/mol. The van der Waals surface area contributed by atoms with Gasteiger partial charge in [0.25, 0.3) is 0 Å². The number of methoxy groups -OCH3 is 1. The maximum atomic E-state index is 5.91. The summed E-state index contributed by atoms with van der Waals surface area (Å²) in [7, 11) is 1.70. The van der Waals surface area contributed by atoms with Crippen molar-refractivity contribution >= 4 is 23.2 Å². The number of hydrogen-bond donors (Lipinski definition) is 1. The molecule has 0 aromatic heterocycles. The molecule has 0 amide bonds. The Hall–Kier alpha value is -0.280. The normalized spacial score (nSPS) is 12.7. The van der Waals surface area contributed by atoms with E-state index in [4.69, 9.17) is 27.9 Å². The van der Waals surface area contributed by atoms with Crippen molar-refractivity contribution in [3.8, 4) is 0 Å². The third-order valence-electron chi connectivity index (χ3n) is 2.31. The molecular formula is C12H17Cl2NO. The van der Waals surface area contributed by atoms with Gasteiger partial charge in [0.1, 0.15) is 0 Å². The summed E-state index contributed by atoms with van der Waals surface area (Å²) < 4.78 is 5.12. The third kappa shape index (κ3) is 5.17. The summed E-state index contributed by atoms with van der Waals surface area (Å²) in [6.07, 6.45) is 0.899. The molecule has 0 saturated carbocycles. The number of nitrogens with one attached hydrogen (secondary N) is 1. The van der Waals surface area contributed by atoms with Gasteiger partial charge in [0.05, 0.1) is 6.61 Å². The molecule has 0 aliphatic heterocycles. The van der Waals surface area contributed by atoms with Crippen molar-refractivity contribution in [2.45, 2.75) is 19.0 Å². The molecule has 0 aliphatic rings. The molecule has 0 fully saturated rings. The highest BCUT2D eigenvalue weighted by Gasteiger charge is 2.06. The number of rotatable bonds is 7. The Morgan fingerprint density at radius 2 is 2.25 bits per heavy atom. The van der Waals surface area contributed by atoms with Crippen molar-refractivity contribution < 1.29 is 4.74 Å². The number of alkyl halides is 1. The fraction of sp³-hybridized carbons (Fsp3) is 0.500. The standard InChI is InChI=1S/C12H17Cl2NO/c1-16-9-12(5-6-13)15-8-10-3-2-4-11(14)7-10/h2-4,7,12,15H,5-6,8-9H2,1H3. The highest BCUT2D eigenvalue weighted by molar-refractivity contribution is 6.30. The summed E-state index contributed by atoms with van der Waals surface area (Å²) in [6.45, 7) is 1.46. The van der Waals surface area contributed by atoms with Gasteiger partial charge in [0.15, 0.2) is 0 Å². The van der Waals surface area contributed by atoms with Gasteiger partial charge in [-0.3, -0.25) is 0 Å². The maximum absolute atomic E-state index is 5.91. The Labute approximate surface area is 107 Å². The zero-order chi connectivity index (χ0) is 11.8. The topological polar surface area (TPSA) is 21.3 Å². The van der Waals surface area contributed by atoms with Crippen LogP contribution in [0.4, 0.5) is 0 Å². The molecule has 4 heteroatoms. The number of halogens is 2. The minimum Gasteiger partial charge on any atom is -0.383 e. The molecule has 1 unspecified atom stereocenters. The zero-order valence-electron chi connectivity index (χ0n) is 9.38. The van der Waals surface area contributed by atoms with Crippen LogP contribution >= 0.6 is 23.2 Å². The van der Waals surface area contributed by atoms with E-state index in [1.807, 2.05) is 24.3 Å². The molecule has 1 aromatic rings. The van der Waals surface area contributed by atoms with Crippen LogP contribution in [-0.4, -0.2) is 25.6 Å². The minimum atomic E-state index is 0.293. The molecule has 1 rings (SSSR count). The molecule has 0 spiro atoms. The van der Waals surface area contributed by atoms with Gasteiger partial charge in [0.2, 0.25) is 0 Å². The van der Waals surface area contributed by atoms with E-state index in [2.05, 4.69) is 5.32 Å². The average Bonchev–Trinajstić information content (AvgIpc) is 2.27. The number of ether oxygens (including phenoxy) is 1. The van der Waals surface area contributed by atoms with Crippen molar-refractivity contribution in [2.24, 2.45) is 0 Å². The summed E-state index contributed by atoms with van der Waals surface area (Å²) >= 11 is 11.6. The summed E-state index contributed by atoms with van der Waals surface area (Å²) in [6, 6.07) is 8.12. The molecule has 0 heterocycles. The van der Waals surface area contributed by atoms with Crippen molar-refractivity contribution in [1.82, 2.24) is 5.32 Å². The molecule has 16 heavy (non-hydrogen) atoms. The van der Waals surface area contributed by atoms with Crippen LogP contribution in [-0.2, 0) is 11.3 Å². The predicted octanol–water partition coefficient (Wildman–Crippen LogP) is 3.07. The number of benzene rings is 1. The maximum Gasteiger partial charge on any atom is 0.0616 e. The lowest BCUT2D eigenvalue weighted by Crippen LogP contribution is -2.33. The van der Waals surface area contributed by atoms with E-state index >= 15 is 0 Å². The van der Waals surface area contributed by atoms with E-state index in [9.17, 15) is 0 Å². The zero-order valence-corrected chi connectivity index (χ0v) is 10.9. The second-order valence-electron chi connectivity index (χ2n) is 3.64. The molecule has 1 N–H and O–H groups in total. The lowest BCUT2D eigenvalue weighted by molar-refractivity contribution is 0.164. The fourth-order valence-electron chi connectivity index (χ4n) is 1.49. The first kappa shape index (κ1) is 13.8. The fourth-order valence-corrected chi connectivity index (χ4v) is 1.96. The van der Waals surface area contributed by atoms with Crippen molar-refractivity contribution in [1.29, 1.82) is 0 Å². The lowest BCUT2D eigenvalue weighted by atomic mass is 10.2. The van der Waals surface area contributed by atoms with Gasteiger partial charge < -0.3 is 10.1 Å². The highest BCUT2D eigenvalue weighted by Crippen LogP contribution is 2.10. The van der Waals surface area contributed by atoms with E-state index in [1.165, 1.54) is 5.56 Å².